The summed E-state index contributed by atoms with van der Waals surface area (Å²) in [6, 6.07) is 8.15. The van der Waals surface area contributed by atoms with Crippen LogP contribution in [0.15, 0.2) is 30.3 Å². The summed E-state index contributed by atoms with van der Waals surface area (Å²) in [5.41, 5.74) is 0. The highest BCUT2D eigenvalue weighted by atomic mass is 31.2. The highest BCUT2D eigenvalue weighted by molar-refractivity contribution is 7.48. The van der Waals surface area contributed by atoms with Gasteiger partial charge in [-0.05, 0) is 12.1 Å². The maximum absolute atomic E-state index is 12.4. The smallest absolute Gasteiger partial charge is 0.404 e. The Kier molecular flexibility index (Phi) is 7.84. The summed E-state index contributed by atoms with van der Waals surface area (Å²) < 4.78 is 27.4. The summed E-state index contributed by atoms with van der Waals surface area (Å²) in [5.74, 6) is 0.245. The van der Waals surface area contributed by atoms with Crippen LogP contribution in [-0.2, 0) is 13.6 Å². The lowest BCUT2D eigenvalue weighted by atomic mass is 10.3. The Morgan fingerprint density at radius 1 is 0.905 bits per heavy atom. The highest BCUT2D eigenvalue weighted by Gasteiger charge is 2.29. The molecular formula is C12H19O8P. The van der Waals surface area contributed by atoms with Crippen LogP contribution in [0.25, 0.3) is 0 Å². The van der Waals surface area contributed by atoms with Gasteiger partial charge < -0.3 is 24.9 Å². The Labute approximate surface area is 122 Å². The van der Waals surface area contributed by atoms with Gasteiger partial charge in [-0.1, -0.05) is 18.2 Å². The van der Waals surface area contributed by atoms with Gasteiger partial charge in [0.25, 0.3) is 0 Å². The van der Waals surface area contributed by atoms with Crippen LogP contribution in [0.1, 0.15) is 12.8 Å². The third-order valence-electron chi connectivity index (χ3n) is 2.21. The predicted octanol–water partition coefficient (Wildman–Crippen LogP) is 0.608. The van der Waals surface area contributed by atoms with Crippen molar-refractivity contribution in [1.82, 2.24) is 0 Å². The molecule has 1 aromatic rings. The molecule has 1 aromatic carbocycles. The molecule has 0 aliphatic heterocycles. The van der Waals surface area contributed by atoms with Crippen molar-refractivity contribution in [2.45, 2.75) is 25.4 Å². The van der Waals surface area contributed by atoms with Gasteiger partial charge in [0, 0.05) is 12.8 Å². The lowest BCUT2D eigenvalue weighted by molar-refractivity contribution is -0.0573. The molecular weight excluding hydrogens is 303 g/mol. The summed E-state index contributed by atoms with van der Waals surface area (Å²) in [7, 11) is -4.00. The summed E-state index contributed by atoms with van der Waals surface area (Å²) in [5, 5.41) is 34.9. The number of hydrogen-bond acceptors (Lipinski definition) is 8. The van der Waals surface area contributed by atoms with Crippen LogP contribution in [-0.4, -0.2) is 46.2 Å². The lowest BCUT2D eigenvalue weighted by Crippen LogP contribution is -2.13. The summed E-state index contributed by atoms with van der Waals surface area (Å²) in [6.45, 7) is -0.521. The minimum absolute atomic E-state index is 0.172. The average Bonchev–Trinajstić information content (AvgIpc) is 2.38. The molecule has 9 heteroatoms. The molecule has 21 heavy (non-hydrogen) atoms. The van der Waals surface area contributed by atoms with Gasteiger partial charge in [-0.3, -0.25) is 9.05 Å². The van der Waals surface area contributed by atoms with Crippen LogP contribution in [0, 0.1) is 0 Å². The average molecular weight is 322 g/mol. The molecule has 0 aliphatic rings. The molecule has 0 aromatic heterocycles. The molecule has 0 atom stereocenters. The third-order valence-corrected chi connectivity index (χ3v) is 3.64. The summed E-state index contributed by atoms with van der Waals surface area (Å²) in [4.78, 5) is 0. The molecule has 0 aliphatic carbocycles. The fourth-order valence-corrected chi connectivity index (χ4v) is 2.46. The zero-order chi connectivity index (χ0) is 15.7. The number of aliphatic hydroxyl groups is 4. The molecule has 0 unspecified atom stereocenters. The molecule has 0 saturated heterocycles. The van der Waals surface area contributed by atoms with E-state index in [1.54, 1.807) is 30.3 Å². The Bertz CT molecular complexity index is 418. The van der Waals surface area contributed by atoms with Gasteiger partial charge in [0.15, 0.2) is 12.6 Å². The Morgan fingerprint density at radius 2 is 1.38 bits per heavy atom. The standard InChI is InChI=1S/C12H19O8P/c13-11(14)6-8-18-21(17,19-9-7-12(15)16)20-10-4-2-1-3-5-10/h1-5,11-16H,6-9H2. The first kappa shape index (κ1) is 18.1. The number of hydrogen-bond donors (Lipinski definition) is 4. The second kappa shape index (κ2) is 9.11. The van der Waals surface area contributed by atoms with Crippen LogP contribution in [0.5, 0.6) is 5.75 Å². The van der Waals surface area contributed by atoms with Crippen molar-refractivity contribution in [3.63, 3.8) is 0 Å². The van der Waals surface area contributed by atoms with Crippen molar-refractivity contribution in [2.24, 2.45) is 0 Å². The van der Waals surface area contributed by atoms with Crippen LogP contribution < -0.4 is 4.52 Å². The van der Waals surface area contributed by atoms with E-state index in [9.17, 15) is 4.57 Å². The third kappa shape index (κ3) is 8.13. The first-order valence-electron chi connectivity index (χ1n) is 6.27. The van der Waals surface area contributed by atoms with Crippen molar-refractivity contribution in [3.05, 3.63) is 30.3 Å². The van der Waals surface area contributed by atoms with E-state index in [2.05, 4.69) is 0 Å². The molecule has 1 rings (SSSR count). The van der Waals surface area contributed by atoms with E-state index in [4.69, 9.17) is 34.0 Å². The minimum atomic E-state index is -4.00. The van der Waals surface area contributed by atoms with Gasteiger partial charge >= 0.3 is 7.82 Å². The van der Waals surface area contributed by atoms with Gasteiger partial charge in [0.05, 0.1) is 13.2 Å². The van der Waals surface area contributed by atoms with Crippen molar-refractivity contribution < 1.29 is 38.6 Å². The van der Waals surface area contributed by atoms with E-state index in [1.807, 2.05) is 0 Å². The molecule has 0 fully saturated rings. The lowest BCUT2D eigenvalue weighted by Gasteiger charge is -2.19. The van der Waals surface area contributed by atoms with E-state index in [-0.39, 0.29) is 31.8 Å². The molecule has 0 amide bonds. The van der Waals surface area contributed by atoms with Gasteiger partial charge in [0.1, 0.15) is 5.75 Å². The van der Waals surface area contributed by atoms with Gasteiger partial charge in [-0.25, -0.2) is 4.57 Å². The molecule has 0 radical (unpaired) electrons. The maximum Gasteiger partial charge on any atom is 0.530 e. The highest BCUT2D eigenvalue weighted by Crippen LogP contribution is 2.49. The molecule has 4 N–H and O–H groups in total. The van der Waals surface area contributed by atoms with Gasteiger partial charge in [-0.2, -0.15) is 0 Å². The quantitative estimate of drug-likeness (QED) is 0.365. The number of aliphatic hydroxyl groups excluding tert-OH is 2. The monoisotopic (exact) mass is 322 g/mol. The molecule has 8 nitrogen and oxygen atoms in total. The number of para-hydroxylation sites is 1. The number of phosphoric acid groups is 1. The summed E-state index contributed by atoms with van der Waals surface area (Å²) >= 11 is 0. The summed E-state index contributed by atoms with van der Waals surface area (Å²) in [6.07, 6.45) is -3.55. The van der Waals surface area contributed by atoms with Crippen LogP contribution in [0.2, 0.25) is 0 Å². The first-order valence-corrected chi connectivity index (χ1v) is 7.73. The second-order valence-corrected chi connectivity index (χ2v) is 5.65. The number of phosphoric ester groups is 1. The molecule has 0 spiro atoms. The molecule has 0 bridgehead atoms. The predicted molar refractivity (Wildman–Crippen MR) is 72.3 cm³/mol. The largest absolute Gasteiger partial charge is 0.530 e. The van der Waals surface area contributed by atoms with Crippen molar-refractivity contribution in [2.75, 3.05) is 13.2 Å². The molecule has 120 valence electrons. The van der Waals surface area contributed by atoms with E-state index >= 15 is 0 Å². The Balaban J connectivity index is 2.61. The van der Waals surface area contributed by atoms with E-state index in [1.165, 1.54) is 0 Å². The topological polar surface area (TPSA) is 126 Å². The normalized spacial score (nSPS) is 12.1. The first-order chi connectivity index (χ1) is 9.91. The van der Waals surface area contributed by atoms with Crippen LogP contribution in [0.3, 0.4) is 0 Å². The fraction of sp³-hybridized carbons (Fsp3) is 0.500. The van der Waals surface area contributed by atoms with E-state index < -0.39 is 20.4 Å². The number of rotatable bonds is 10. The molecule has 0 heterocycles. The van der Waals surface area contributed by atoms with E-state index in [0.717, 1.165) is 0 Å². The SMILES string of the molecule is O=P(OCCC(O)O)(OCCC(O)O)Oc1ccccc1. The minimum Gasteiger partial charge on any atom is -0.404 e. The van der Waals surface area contributed by atoms with Crippen LogP contribution >= 0.6 is 7.82 Å². The Morgan fingerprint density at radius 3 is 1.81 bits per heavy atom. The fourth-order valence-electron chi connectivity index (χ4n) is 1.24. The van der Waals surface area contributed by atoms with E-state index in [0.29, 0.717) is 0 Å². The molecule has 0 saturated carbocycles. The van der Waals surface area contributed by atoms with Crippen molar-refractivity contribution in [1.29, 1.82) is 0 Å². The van der Waals surface area contributed by atoms with Crippen molar-refractivity contribution >= 4 is 7.82 Å². The van der Waals surface area contributed by atoms with Crippen molar-refractivity contribution in [3.8, 4) is 5.75 Å². The second-order valence-electron chi connectivity index (χ2n) is 4.06. The maximum atomic E-state index is 12.4. The zero-order valence-corrected chi connectivity index (χ0v) is 12.1. The number of benzene rings is 1. The van der Waals surface area contributed by atoms with Crippen LogP contribution in [0.4, 0.5) is 0 Å². The Hall–Kier alpha value is -0.990. The zero-order valence-electron chi connectivity index (χ0n) is 11.2. The van der Waals surface area contributed by atoms with Gasteiger partial charge in [0.2, 0.25) is 0 Å². The van der Waals surface area contributed by atoms with Gasteiger partial charge in [-0.15, -0.1) is 0 Å².